The number of hydrogen-bond acceptors (Lipinski definition) is 5. The lowest BCUT2D eigenvalue weighted by molar-refractivity contribution is 0.181. The SMILES string of the molecule is COCc1nn2c(nnc3c(=O)n(CCc4c[nH]c5ccc(Cl)cc45)ccc32)c1-c1ccc(F)cc1. The summed E-state index contributed by atoms with van der Waals surface area (Å²) in [6.07, 6.45) is 4.31. The third kappa shape index (κ3) is 3.73. The second-order valence-corrected chi connectivity index (χ2v) is 8.94. The fraction of sp³-hybridized carbons (Fsp3) is 0.154. The molecule has 0 bridgehead atoms. The van der Waals surface area contributed by atoms with Gasteiger partial charge < -0.3 is 14.3 Å². The summed E-state index contributed by atoms with van der Waals surface area (Å²) in [6.45, 7) is 0.687. The van der Waals surface area contributed by atoms with Crippen LogP contribution < -0.4 is 5.56 Å². The monoisotopic (exact) mass is 502 g/mol. The smallest absolute Gasteiger partial charge is 0.280 e. The van der Waals surface area contributed by atoms with Crippen LogP contribution in [0.15, 0.2) is 65.7 Å². The van der Waals surface area contributed by atoms with Gasteiger partial charge >= 0.3 is 0 Å². The fourth-order valence-corrected chi connectivity index (χ4v) is 4.72. The van der Waals surface area contributed by atoms with Gasteiger partial charge in [0.1, 0.15) is 11.3 Å². The van der Waals surface area contributed by atoms with E-state index in [1.54, 1.807) is 34.5 Å². The third-order valence-electron chi connectivity index (χ3n) is 6.29. The third-order valence-corrected chi connectivity index (χ3v) is 6.53. The summed E-state index contributed by atoms with van der Waals surface area (Å²) in [4.78, 5) is 16.5. The van der Waals surface area contributed by atoms with Gasteiger partial charge in [0.25, 0.3) is 5.56 Å². The number of ether oxygens (including phenoxy) is 1. The number of nitrogens with one attached hydrogen (secondary N) is 1. The van der Waals surface area contributed by atoms with E-state index >= 15 is 0 Å². The van der Waals surface area contributed by atoms with Crippen molar-refractivity contribution in [3.63, 3.8) is 0 Å². The molecule has 6 rings (SSSR count). The molecule has 0 aliphatic rings. The Kier molecular flexibility index (Phi) is 5.50. The number of aryl methyl sites for hydroxylation is 2. The Morgan fingerprint density at radius 3 is 2.75 bits per heavy atom. The second-order valence-electron chi connectivity index (χ2n) is 8.50. The van der Waals surface area contributed by atoms with Crippen LogP contribution in [0.2, 0.25) is 5.02 Å². The minimum atomic E-state index is -0.337. The average molecular weight is 503 g/mol. The number of benzene rings is 2. The average Bonchev–Trinajstić information content (AvgIpc) is 3.45. The molecule has 8 nitrogen and oxygen atoms in total. The molecule has 0 saturated carbocycles. The summed E-state index contributed by atoms with van der Waals surface area (Å²) in [7, 11) is 1.57. The molecule has 1 N–H and O–H groups in total. The van der Waals surface area contributed by atoms with Gasteiger partial charge in [-0.1, -0.05) is 23.7 Å². The number of fused-ring (bicyclic) bond motifs is 4. The number of halogens is 2. The van der Waals surface area contributed by atoms with Gasteiger partial charge in [0.2, 0.25) is 0 Å². The van der Waals surface area contributed by atoms with Crippen LogP contribution >= 0.6 is 11.6 Å². The van der Waals surface area contributed by atoms with Gasteiger partial charge in [0.05, 0.1) is 17.9 Å². The van der Waals surface area contributed by atoms with Crippen molar-refractivity contribution in [2.24, 2.45) is 0 Å². The lowest BCUT2D eigenvalue weighted by atomic mass is 10.1. The van der Waals surface area contributed by atoms with Gasteiger partial charge in [-0.3, -0.25) is 4.79 Å². The molecule has 0 radical (unpaired) electrons. The zero-order valence-corrected chi connectivity index (χ0v) is 20.0. The molecule has 0 atom stereocenters. The first-order valence-corrected chi connectivity index (χ1v) is 11.7. The molecule has 4 aromatic heterocycles. The standard InChI is InChI=1S/C26H20ClFN6O2/c1-36-14-21-23(15-2-5-18(28)6-3-15)25-31-30-24-22(34(25)32-21)9-11-33(26(24)35)10-8-16-13-29-20-7-4-17(27)12-19(16)20/h2-7,9,11-13,29H,8,10,14H2,1H3. The van der Waals surface area contributed by atoms with Crippen molar-refractivity contribution in [2.75, 3.05) is 7.11 Å². The summed E-state index contributed by atoms with van der Waals surface area (Å²) >= 11 is 6.16. The summed E-state index contributed by atoms with van der Waals surface area (Å²) in [5, 5.41) is 15.0. The van der Waals surface area contributed by atoms with Crippen LogP contribution in [0, 0.1) is 5.82 Å². The molecular weight excluding hydrogens is 483 g/mol. The molecule has 4 heterocycles. The van der Waals surface area contributed by atoms with Crippen molar-refractivity contribution in [1.82, 2.24) is 29.4 Å². The Morgan fingerprint density at radius 2 is 1.94 bits per heavy atom. The number of H-pyrrole nitrogens is 1. The maximum absolute atomic E-state index is 13.5. The topological polar surface area (TPSA) is 90.1 Å². The number of nitrogens with zero attached hydrogens (tertiary/aromatic N) is 5. The predicted octanol–water partition coefficient (Wildman–Crippen LogP) is 4.77. The molecule has 0 aliphatic carbocycles. The van der Waals surface area contributed by atoms with Crippen molar-refractivity contribution in [3.8, 4) is 11.1 Å². The highest BCUT2D eigenvalue weighted by molar-refractivity contribution is 6.31. The largest absolute Gasteiger partial charge is 0.378 e. The number of pyridine rings is 1. The van der Waals surface area contributed by atoms with Crippen LogP contribution in [-0.2, 0) is 24.3 Å². The summed E-state index contributed by atoms with van der Waals surface area (Å²) in [6, 6.07) is 13.6. The lowest BCUT2D eigenvalue weighted by Crippen LogP contribution is -2.22. The predicted molar refractivity (Wildman–Crippen MR) is 136 cm³/mol. The fourth-order valence-electron chi connectivity index (χ4n) is 4.55. The molecule has 0 aliphatic heterocycles. The molecule has 0 spiro atoms. The molecule has 0 fully saturated rings. The van der Waals surface area contributed by atoms with E-state index in [2.05, 4.69) is 20.3 Å². The molecule has 10 heteroatoms. The lowest BCUT2D eigenvalue weighted by Gasteiger charge is -2.07. The number of aromatic amines is 1. The molecule has 6 aromatic rings. The number of rotatable bonds is 6. The molecule has 36 heavy (non-hydrogen) atoms. The number of aromatic nitrogens is 6. The van der Waals surface area contributed by atoms with E-state index < -0.39 is 0 Å². The first kappa shape index (κ1) is 22.4. The van der Waals surface area contributed by atoms with Gasteiger partial charge in [-0.05, 0) is 53.9 Å². The van der Waals surface area contributed by atoms with Crippen LogP contribution in [0.3, 0.4) is 0 Å². The van der Waals surface area contributed by atoms with Crippen LogP contribution in [0.25, 0.3) is 38.7 Å². The second kappa shape index (κ2) is 8.85. The Morgan fingerprint density at radius 1 is 1.11 bits per heavy atom. The Bertz CT molecular complexity index is 1810. The quantitative estimate of drug-likeness (QED) is 0.354. The molecule has 0 saturated heterocycles. The van der Waals surface area contributed by atoms with Crippen molar-refractivity contribution in [2.45, 2.75) is 19.6 Å². The minimum Gasteiger partial charge on any atom is -0.378 e. The zero-order valence-electron chi connectivity index (χ0n) is 19.2. The highest BCUT2D eigenvalue weighted by Gasteiger charge is 2.20. The Labute approximate surface area is 208 Å². The Balaban J connectivity index is 1.41. The van der Waals surface area contributed by atoms with E-state index in [1.165, 1.54) is 12.1 Å². The van der Waals surface area contributed by atoms with Crippen LogP contribution in [0.4, 0.5) is 4.39 Å². The summed E-state index contributed by atoms with van der Waals surface area (Å²) < 4.78 is 22.1. The zero-order chi connectivity index (χ0) is 24.8. The van der Waals surface area contributed by atoms with Gasteiger partial charge in [0.15, 0.2) is 11.2 Å². The maximum atomic E-state index is 13.5. The van der Waals surface area contributed by atoms with Gasteiger partial charge in [-0.25, -0.2) is 8.91 Å². The van der Waals surface area contributed by atoms with E-state index in [-0.39, 0.29) is 23.5 Å². The molecular formula is C26H20ClFN6O2. The van der Waals surface area contributed by atoms with Crippen LogP contribution in [-0.4, -0.2) is 36.5 Å². The molecule has 0 amide bonds. The van der Waals surface area contributed by atoms with Crippen molar-refractivity contribution in [1.29, 1.82) is 0 Å². The Hall–Kier alpha value is -4.08. The van der Waals surface area contributed by atoms with E-state index in [0.717, 1.165) is 22.0 Å². The normalized spacial score (nSPS) is 11.8. The van der Waals surface area contributed by atoms with E-state index in [4.69, 9.17) is 16.3 Å². The maximum Gasteiger partial charge on any atom is 0.280 e. The van der Waals surface area contributed by atoms with Crippen molar-refractivity contribution in [3.05, 3.63) is 93.4 Å². The van der Waals surface area contributed by atoms with Gasteiger partial charge in [0, 0.05) is 42.0 Å². The minimum absolute atomic E-state index is 0.212. The number of hydrogen-bond donors (Lipinski definition) is 1. The highest BCUT2D eigenvalue weighted by atomic mass is 35.5. The van der Waals surface area contributed by atoms with Crippen molar-refractivity contribution >= 4 is 39.2 Å². The summed E-state index contributed by atoms with van der Waals surface area (Å²) in [5.74, 6) is -0.337. The van der Waals surface area contributed by atoms with Crippen LogP contribution in [0.1, 0.15) is 11.3 Å². The van der Waals surface area contributed by atoms with Gasteiger partial charge in [-0.15, -0.1) is 10.2 Å². The highest BCUT2D eigenvalue weighted by Crippen LogP contribution is 2.29. The van der Waals surface area contributed by atoms with E-state index in [9.17, 15) is 9.18 Å². The van der Waals surface area contributed by atoms with E-state index in [0.29, 0.717) is 40.4 Å². The molecule has 180 valence electrons. The van der Waals surface area contributed by atoms with E-state index in [1.807, 2.05) is 30.5 Å². The van der Waals surface area contributed by atoms with Gasteiger partial charge in [-0.2, -0.15) is 5.10 Å². The first-order valence-electron chi connectivity index (χ1n) is 11.3. The van der Waals surface area contributed by atoms with Crippen LogP contribution in [0.5, 0.6) is 0 Å². The first-order chi connectivity index (χ1) is 17.5. The van der Waals surface area contributed by atoms with Crippen molar-refractivity contribution < 1.29 is 9.13 Å². The number of methoxy groups -OCH3 is 1. The molecule has 2 aromatic carbocycles. The summed E-state index contributed by atoms with van der Waals surface area (Å²) in [5.41, 5.74) is 5.06. The molecule has 0 unspecified atom stereocenters.